The molecule has 1 atom stereocenters. The lowest BCUT2D eigenvalue weighted by Gasteiger charge is -2.39. The molecule has 3 heterocycles. The van der Waals surface area contributed by atoms with E-state index in [1.807, 2.05) is 0 Å². The summed E-state index contributed by atoms with van der Waals surface area (Å²) in [6, 6.07) is 1.66. The Bertz CT molecular complexity index is 890. The minimum Gasteiger partial charge on any atom is -0.420 e. The maximum absolute atomic E-state index is 12.2. The van der Waals surface area contributed by atoms with Gasteiger partial charge in [-0.3, -0.25) is 5.41 Å². The molecule has 8 nitrogen and oxygen atoms in total. The minimum absolute atomic E-state index is 0.196. The maximum Gasteiger partial charge on any atom is 0.257 e. The summed E-state index contributed by atoms with van der Waals surface area (Å²) in [6.45, 7) is 3.38. The predicted octanol–water partition coefficient (Wildman–Crippen LogP) is 1.77. The van der Waals surface area contributed by atoms with E-state index in [2.05, 4.69) is 15.5 Å². The molecule has 1 fully saturated rings. The molecule has 0 bridgehead atoms. The molecule has 0 spiro atoms. The predicted molar refractivity (Wildman–Crippen MR) is 87.1 cm³/mol. The van der Waals surface area contributed by atoms with Crippen molar-refractivity contribution in [2.45, 2.75) is 19.4 Å². The average Bonchev–Trinajstić information content (AvgIpc) is 3.02. The van der Waals surface area contributed by atoms with E-state index < -0.39 is 15.6 Å². The van der Waals surface area contributed by atoms with Crippen LogP contribution in [0.1, 0.15) is 17.7 Å². The summed E-state index contributed by atoms with van der Waals surface area (Å²) in [6.07, 6.45) is 0. The van der Waals surface area contributed by atoms with Crippen LogP contribution in [-0.2, 0) is 15.6 Å². The Balaban J connectivity index is 2.05. The standard InChI is InChI=1S/C12H14ClN5O3S2/c1-6-16-17-10(21-6)8-4-7(13)9(22-8)12(2)5-23(19,20)18(3)11(14)15-12/h4H,5H2,1-3H3,(H2,14,15)/t12-/m0/s1. The normalized spacial score (nSPS) is 23.8. The molecular formula is C12H14ClN5O3S2. The quantitative estimate of drug-likeness (QED) is 0.827. The number of aromatic nitrogens is 2. The van der Waals surface area contributed by atoms with E-state index in [4.69, 9.17) is 21.4 Å². The average molecular weight is 376 g/mol. The zero-order chi connectivity index (χ0) is 17.0. The Labute approximate surface area is 142 Å². The number of guanidine groups is 1. The summed E-state index contributed by atoms with van der Waals surface area (Å²) < 4.78 is 30.8. The second-order valence-corrected chi connectivity index (χ2v) is 8.90. The third kappa shape index (κ3) is 2.70. The first kappa shape index (κ1) is 16.2. The van der Waals surface area contributed by atoms with Crippen molar-refractivity contribution in [2.75, 3.05) is 12.8 Å². The van der Waals surface area contributed by atoms with Crippen LogP contribution in [0.4, 0.5) is 0 Å². The fourth-order valence-corrected chi connectivity index (χ4v) is 5.47. The first-order chi connectivity index (χ1) is 10.6. The van der Waals surface area contributed by atoms with Gasteiger partial charge in [-0.1, -0.05) is 11.6 Å². The number of nitrogens with zero attached hydrogens (tertiary/aromatic N) is 3. The first-order valence-electron chi connectivity index (χ1n) is 6.56. The molecule has 2 N–H and O–H groups in total. The molecule has 3 rings (SSSR count). The second-order valence-electron chi connectivity index (χ2n) is 5.44. The monoisotopic (exact) mass is 375 g/mol. The molecule has 11 heteroatoms. The molecule has 0 aromatic carbocycles. The Kier molecular flexibility index (Phi) is 3.65. The van der Waals surface area contributed by atoms with Crippen molar-refractivity contribution in [2.24, 2.45) is 0 Å². The number of sulfonamides is 1. The van der Waals surface area contributed by atoms with Gasteiger partial charge >= 0.3 is 0 Å². The van der Waals surface area contributed by atoms with E-state index in [1.54, 1.807) is 19.9 Å². The second kappa shape index (κ2) is 5.18. The molecule has 2 aromatic rings. The van der Waals surface area contributed by atoms with Gasteiger partial charge in [0, 0.05) is 14.0 Å². The van der Waals surface area contributed by atoms with Gasteiger partial charge in [0.15, 0.2) is 0 Å². The van der Waals surface area contributed by atoms with E-state index in [-0.39, 0.29) is 11.7 Å². The summed E-state index contributed by atoms with van der Waals surface area (Å²) in [5.74, 6) is 0.356. The van der Waals surface area contributed by atoms with Gasteiger partial charge in [-0.25, -0.2) is 12.7 Å². The zero-order valence-corrected chi connectivity index (χ0v) is 14.9. The molecule has 1 aliphatic rings. The molecule has 124 valence electrons. The van der Waals surface area contributed by atoms with Gasteiger partial charge in [-0.05, 0) is 13.0 Å². The number of nitrogens with one attached hydrogen (secondary N) is 2. The molecule has 1 saturated heterocycles. The molecule has 0 saturated carbocycles. The van der Waals surface area contributed by atoms with E-state index in [0.717, 1.165) is 4.31 Å². The number of rotatable bonds is 2. The van der Waals surface area contributed by atoms with Gasteiger partial charge in [0.25, 0.3) is 5.89 Å². The van der Waals surface area contributed by atoms with Crippen LogP contribution in [-0.4, -0.2) is 41.7 Å². The van der Waals surface area contributed by atoms with Crippen LogP contribution < -0.4 is 5.32 Å². The topological polar surface area (TPSA) is 112 Å². The van der Waals surface area contributed by atoms with Gasteiger partial charge in [-0.2, -0.15) is 0 Å². The van der Waals surface area contributed by atoms with E-state index in [0.29, 0.717) is 26.6 Å². The van der Waals surface area contributed by atoms with Crippen LogP contribution in [0.2, 0.25) is 5.02 Å². The lowest BCUT2D eigenvalue weighted by Crippen LogP contribution is -2.60. The highest BCUT2D eigenvalue weighted by Crippen LogP contribution is 2.41. The Morgan fingerprint density at radius 3 is 2.78 bits per heavy atom. The van der Waals surface area contributed by atoms with Crippen LogP contribution in [0, 0.1) is 12.3 Å². The maximum atomic E-state index is 12.2. The Morgan fingerprint density at radius 2 is 2.22 bits per heavy atom. The summed E-state index contributed by atoms with van der Waals surface area (Å²) in [7, 11) is -2.25. The summed E-state index contributed by atoms with van der Waals surface area (Å²) >= 11 is 7.57. The third-order valence-electron chi connectivity index (χ3n) is 3.52. The molecule has 0 radical (unpaired) electrons. The van der Waals surface area contributed by atoms with Crippen molar-refractivity contribution >= 4 is 38.9 Å². The molecule has 0 amide bonds. The van der Waals surface area contributed by atoms with E-state index in [9.17, 15) is 8.42 Å². The summed E-state index contributed by atoms with van der Waals surface area (Å²) in [4.78, 5) is 1.25. The fourth-order valence-electron chi connectivity index (χ4n) is 2.35. The Morgan fingerprint density at radius 1 is 1.52 bits per heavy atom. The van der Waals surface area contributed by atoms with Gasteiger partial charge in [-0.15, -0.1) is 21.5 Å². The smallest absolute Gasteiger partial charge is 0.257 e. The molecule has 23 heavy (non-hydrogen) atoms. The number of hydrogen-bond acceptors (Lipinski definition) is 7. The van der Waals surface area contributed by atoms with Crippen molar-refractivity contribution < 1.29 is 12.8 Å². The van der Waals surface area contributed by atoms with Crippen LogP contribution >= 0.6 is 22.9 Å². The summed E-state index contributed by atoms with van der Waals surface area (Å²) in [5, 5.41) is 18.9. The van der Waals surface area contributed by atoms with Crippen LogP contribution in [0.3, 0.4) is 0 Å². The SMILES string of the molecule is Cc1nnc(-c2cc(Cl)c([C@]3(C)CS(=O)(=O)N(C)C(=N)N3)s2)o1. The lowest BCUT2D eigenvalue weighted by molar-refractivity contribution is 0.424. The highest BCUT2D eigenvalue weighted by molar-refractivity contribution is 7.89. The van der Waals surface area contributed by atoms with Crippen molar-refractivity contribution in [1.29, 1.82) is 5.41 Å². The zero-order valence-electron chi connectivity index (χ0n) is 12.5. The highest BCUT2D eigenvalue weighted by Gasteiger charge is 2.44. The van der Waals surface area contributed by atoms with Gasteiger partial charge in [0.2, 0.25) is 21.9 Å². The Hall–Kier alpha value is -1.65. The molecule has 0 aliphatic carbocycles. The van der Waals surface area contributed by atoms with Crippen LogP contribution in [0.5, 0.6) is 0 Å². The number of aryl methyl sites for hydroxylation is 1. The third-order valence-corrected chi connectivity index (χ3v) is 7.28. The van der Waals surface area contributed by atoms with E-state index >= 15 is 0 Å². The van der Waals surface area contributed by atoms with Crippen molar-refractivity contribution in [3.8, 4) is 10.8 Å². The number of hydrogen-bond donors (Lipinski definition) is 2. The largest absolute Gasteiger partial charge is 0.420 e. The fraction of sp³-hybridized carbons (Fsp3) is 0.417. The summed E-state index contributed by atoms with van der Waals surface area (Å²) in [5.41, 5.74) is -1.00. The molecule has 1 aliphatic heterocycles. The van der Waals surface area contributed by atoms with Gasteiger partial charge in [0.05, 0.1) is 26.1 Å². The van der Waals surface area contributed by atoms with Crippen LogP contribution in [0.25, 0.3) is 10.8 Å². The molecule has 0 unspecified atom stereocenters. The highest BCUT2D eigenvalue weighted by atomic mass is 35.5. The van der Waals surface area contributed by atoms with Crippen LogP contribution in [0.15, 0.2) is 10.5 Å². The van der Waals surface area contributed by atoms with E-state index in [1.165, 1.54) is 18.4 Å². The first-order valence-corrected chi connectivity index (χ1v) is 9.36. The number of thiophene rings is 1. The van der Waals surface area contributed by atoms with Crippen molar-refractivity contribution in [1.82, 2.24) is 19.8 Å². The molecule has 2 aromatic heterocycles. The molecular weight excluding hydrogens is 362 g/mol. The van der Waals surface area contributed by atoms with Crippen molar-refractivity contribution in [3.63, 3.8) is 0 Å². The number of halogens is 1. The minimum atomic E-state index is -3.59. The van der Waals surface area contributed by atoms with Gasteiger partial charge < -0.3 is 9.73 Å². The van der Waals surface area contributed by atoms with Crippen molar-refractivity contribution in [3.05, 3.63) is 21.9 Å². The van der Waals surface area contributed by atoms with Gasteiger partial charge in [0.1, 0.15) is 0 Å². The lowest BCUT2D eigenvalue weighted by atomic mass is 10.0.